The highest BCUT2D eigenvalue weighted by Crippen LogP contribution is 2.23. The molecule has 0 heterocycles. The summed E-state index contributed by atoms with van der Waals surface area (Å²) in [6.07, 6.45) is 0. The van der Waals surface area contributed by atoms with Gasteiger partial charge in [-0.25, -0.2) is 16.8 Å². The second kappa shape index (κ2) is 8.49. The Hall–Kier alpha value is -2.84. The molecule has 6 nitrogen and oxygen atoms in total. The number of hydrogen-bond acceptors (Lipinski definition) is 4. The maximum Gasteiger partial charge on any atom is 0.261 e. The van der Waals surface area contributed by atoms with E-state index in [0.29, 0.717) is 11.6 Å². The van der Waals surface area contributed by atoms with E-state index in [1.54, 1.807) is 36.4 Å². The number of anilines is 2. The Morgan fingerprint density at radius 2 is 1.17 bits per heavy atom. The van der Waals surface area contributed by atoms with Crippen molar-refractivity contribution in [2.45, 2.75) is 36.5 Å². The molecule has 0 aliphatic rings. The van der Waals surface area contributed by atoms with E-state index in [1.165, 1.54) is 24.3 Å². The molecule has 3 aromatic carbocycles. The molecule has 0 spiro atoms. The van der Waals surface area contributed by atoms with Crippen molar-refractivity contribution in [3.05, 3.63) is 83.9 Å². The van der Waals surface area contributed by atoms with Gasteiger partial charge in [0.05, 0.1) is 15.5 Å². The maximum absolute atomic E-state index is 12.6. The summed E-state index contributed by atoms with van der Waals surface area (Å²) in [6.45, 7) is 5.88. The van der Waals surface area contributed by atoms with Crippen LogP contribution in [0, 0.1) is 6.92 Å². The highest BCUT2D eigenvalue weighted by atomic mass is 32.2. The van der Waals surface area contributed by atoms with Crippen LogP contribution in [0.3, 0.4) is 0 Å². The minimum Gasteiger partial charge on any atom is -0.280 e. The first-order valence-corrected chi connectivity index (χ1v) is 12.4. The minimum atomic E-state index is -3.79. The van der Waals surface area contributed by atoms with Gasteiger partial charge in [-0.15, -0.1) is 0 Å². The molecule has 0 aliphatic carbocycles. The van der Waals surface area contributed by atoms with Gasteiger partial charge in [-0.2, -0.15) is 0 Å². The van der Waals surface area contributed by atoms with Crippen molar-refractivity contribution in [1.29, 1.82) is 0 Å². The molecule has 158 valence electrons. The molecule has 2 N–H and O–H groups in total. The lowest BCUT2D eigenvalue weighted by Gasteiger charge is -2.12. The van der Waals surface area contributed by atoms with E-state index in [-0.39, 0.29) is 15.5 Å². The normalized spacial score (nSPS) is 12.0. The van der Waals surface area contributed by atoms with Crippen molar-refractivity contribution in [3.63, 3.8) is 0 Å². The van der Waals surface area contributed by atoms with Crippen LogP contribution in [0.1, 0.15) is 30.9 Å². The number of aryl methyl sites for hydroxylation is 1. The van der Waals surface area contributed by atoms with E-state index >= 15 is 0 Å². The maximum atomic E-state index is 12.6. The molecule has 0 fully saturated rings. The zero-order valence-corrected chi connectivity index (χ0v) is 18.6. The number of rotatable bonds is 7. The lowest BCUT2D eigenvalue weighted by atomic mass is 10.0. The molecule has 30 heavy (non-hydrogen) atoms. The molecule has 0 saturated heterocycles. The Morgan fingerprint density at radius 1 is 0.667 bits per heavy atom. The Labute approximate surface area is 178 Å². The summed E-state index contributed by atoms with van der Waals surface area (Å²) in [7, 11) is -7.56. The number of para-hydroxylation sites is 1. The number of nitrogens with one attached hydrogen (secondary N) is 2. The molecule has 0 saturated carbocycles. The predicted octanol–water partition coefficient (Wildman–Crippen LogP) is 4.72. The third-order valence-electron chi connectivity index (χ3n) is 4.66. The van der Waals surface area contributed by atoms with E-state index in [9.17, 15) is 16.8 Å². The molecule has 0 amide bonds. The molecule has 0 radical (unpaired) electrons. The van der Waals surface area contributed by atoms with Crippen LogP contribution in [0.4, 0.5) is 11.4 Å². The zero-order valence-electron chi connectivity index (χ0n) is 17.0. The Kier molecular flexibility index (Phi) is 6.19. The molecule has 0 aliphatic heterocycles. The monoisotopic (exact) mass is 444 g/mol. The summed E-state index contributed by atoms with van der Waals surface area (Å²) >= 11 is 0. The van der Waals surface area contributed by atoms with E-state index in [0.717, 1.165) is 11.1 Å². The summed E-state index contributed by atoms with van der Waals surface area (Å²) in [5, 5.41) is 0. The van der Waals surface area contributed by atoms with E-state index in [2.05, 4.69) is 9.44 Å². The average Bonchev–Trinajstić information content (AvgIpc) is 2.70. The smallest absolute Gasteiger partial charge is 0.261 e. The van der Waals surface area contributed by atoms with Gasteiger partial charge in [-0.3, -0.25) is 9.44 Å². The molecule has 8 heteroatoms. The standard InChI is InChI=1S/C22H24N2O4S2/c1-16(2)18-8-12-20(13-9-18)29(25,26)23-19-10-14-21(15-11-19)30(27,28)24-22-7-5-4-6-17(22)3/h4-16,23-24H,1-3H3. The van der Waals surface area contributed by atoms with Crippen molar-refractivity contribution >= 4 is 31.4 Å². The van der Waals surface area contributed by atoms with Crippen molar-refractivity contribution in [2.24, 2.45) is 0 Å². The van der Waals surface area contributed by atoms with Crippen LogP contribution >= 0.6 is 0 Å². The molecular weight excluding hydrogens is 420 g/mol. The summed E-state index contributed by atoms with van der Waals surface area (Å²) < 4.78 is 55.4. The molecule has 0 unspecified atom stereocenters. The lowest BCUT2D eigenvalue weighted by molar-refractivity contribution is 0.600. The number of sulfonamides is 2. The fourth-order valence-electron chi connectivity index (χ4n) is 2.84. The Balaban J connectivity index is 1.77. The highest BCUT2D eigenvalue weighted by Gasteiger charge is 2.17. The summed E-state index contributed by atoms with van der Waals surface area (Å²) in [5.74, 6) is 0.303. The van der Waals surface area contributed by atoms with E-state index in [1.807, 2.05) is 32.9 Å². The first-order chi connectivity index (χ1) is 14.1. The number of benzene rings is 3. The van der Waals surface area contributed by atoms with Crippen molar-refractivity contribution in [3.8, 4) is 0 Å². The fraction of sp³-hybridized carbons (Fsp3) is 0.182. The Bertz CT molecular complexity index is 1230. The number of hydrogen-bond donors (Lipinski definition) is 2. The molecule has 0 bridgehead atoms. The quantitative estimate of drug-likeness (QED) is 0.551. The first-order valence-electron chi connectivity index (χ1n) is 9.40. The third-order valence-corrected chi connectivity index (χ3v) is 7.44. The lowest BCUT2D eigenvalue weighted by Crippen LogP contribution is -2.15. The van der Waals surface area contributed by atoms with Crippen LogP contribution < -0.4 is 9.44 Å². The van der Waals surface area contributed by atoms with Gasteiger partial charge in [-0.1, -0.05) is 44.2 Å². The zero-order chi connectivity index (χ0) is 21.9. The van der Waals surface area contributed by atoms with Crippen LogP contribution in [0.2, 0.25) is 0 Å². The summed E-state index contributed by atoms with van der Waals surface area (Å²) in [6, 6.07) is 19.3. The molecule has 3 aromatic rings. The van der Waals surface area contributed by atoms with Crippen molar-refractivity contribution < 1.29 is 16.8 Å². The van der Waals surface area contributed by atoms with Crippen LogP contribution in [-0.2, 0) is 20.0 Å². The van der Waals surface area contributed by atoms with Gasteiger partial charge in [0.15, 0.2) is 0 Å². The van der Waals surface area contributed by atoms with Crippen molar-refractivity contribution in [1.82, 2.24) is 0 Å². The van der Waals surface area contributed by atoms with Gasteiger partial charge in [0.2, 0.25) is 0 Å². The second-order valence-electron chi connectivity index (χ2n) is 7.27. The SMILES string of the molecule is Cc1ccccc1NS(=O)(=O)c1ccc(NS(=O)(=O)c2ccc(C(C)C)cc2)cc1. The van der Waals surface area contributed by atoms with Gasteiger partial charge >= 0.3 is 0 Å². The van der Waals surface area contributed by atoms with Crippen LogP contribution in [0.15, 0.2) is 82.6 Å². The second-order valence-corrected chi connectivity index (χ2v) is 10.6. The third kappa shape index (κ3) is 5.01. The molecule has 3 rings (SSSR count). The van der Waals surface area contributed by atoms with Crippen molar-refractivity contribution in [2.75, 3.05) is 9.44 Å². The molecule has 0 atom stereocenters. The largest absolute Gasteiger partial charge is 0.280 e. The summed E-state index contributed by atoms with van der Waals surface area (Å²) in [5.41, 5.74) is 2.61. The minimum absolute atomic E-state index is 0.0370. The highest BCUT2D eigenvalue weighted by molar-refractivity contribution is 7.93. The fourth-order valence-corrected chi connectivity index (χ4v) is 5.03. The van der Waals surface area contributed by atoms with Crippen LogP contribution in [-0.4, -0.2) is 16.8 Å². The average molecular weight is 445 g/mol. The topological polar surface area (TPSA) is 92.3 Å². The van der Waals surface area contributed by atoms with Gasteiger partial charge in [0.25, 0.3) is 20.0 Å². The van der Waals surface area contributed by atoms with Gasteiger partial charge in [0.1, 0.15) is 0 Å². The van der Waals surface area contributed by atoms with E-state index < -0.39 is 20.0 Å². The van der Waals surface area contributed by atoms with Gasteiger partial charge in [0, 0.05) is 5.69 Å². The first kappa shape index (κ1) is 21.9. The molecule has 0 aromatic heterocycles. The van der Waals surface area contributed by atoms with Crippen LogP contribution in [0.25, 0.3) is 0 Å². The Morgan fingerprint density at radius 3 is 1.70 bits per heavy atom. The van der Waals surface area contributed by atoms with Gasteiger partial charge in [-0.05, 0) is 66.4 Å². The summed E-state index contributed by atoms with van der Waals surface area (Å²) in [4.78, 5) is 0.180. The predicted molar refractivity (Wildman–Crippen MR) is 120 cm³/mol. The van der Waals surface area contributed by atoms with Gasteiger partial charge < -0.3 is 0 Å². The van der Waals surface area contributed by atoms with Crippen LogP contribution in [0.5, 0.6) is 0 Å². The molecular formula is C22H24N2O4S2. The van der Waals surface area contributed by atoms with E-state index in [4.69, 9.17) is 0 Å².